The molecule has 1 rings (SSSR count). The van der Waals surface area contributed by atoms with Gasteiger partial charge in [-0.3, -0.25) is 9.21 Å². The molecule has 1 heterocycles. The minimum atomic E-state index is -1.29. The zero-order chi connectivity index (χ0) is 7.78. The number of rotatable bonds is 0. The highest BCUT2D eigenvalue weighted by molar-refractivity contribution is 6.59. The van der Waals surface area contributed by atoms with Crippen LogP contribution >= 0.6 is 35.0 Å². The van der Waals surface area contributed by atoms with Crippen LogP contribution in [0.25, 0.3) is 0 Å². The first-order chi connectivity index (χ1) is 4.54. The van der Waals surface area contributed by atoms with E-state index in [-0.39, 0.29) is 0 Å². The maximum Gasteiger partial charge on any atom is 0.273 e. The summed E-state index contributed by atoms with van der Waals surface area (Å²) in [6, 6.07) is 0. The summed E-state index contributed by atoms with van der Waals surface area (Å²) in [5.74, 6) is -0.413. The first kappa shape index (κ1) is 8.44. The normalized spacial score (nSPS) is 25.1. The number of hydrogen-bond acceptors (Lipinski definition) is 1. The van der Waals surface area contributed by atoms with Crippen LogP contribution in [0.4, 0.5) is 0 Å². The van der Waals surface area contributed by atoms with Crippen molar-refractivity contribution in [3.05, 3.63) is 0 Å². The van der Waals surface area contributed by atoms with E-state index in [0.717, 1.165) is 10.8 Å². The van der Waals surface area contributed by atoms with Gasteiger partial charge in [0.1, 0.15) is 0 Å². The summed E-state index contributed by atoms with van der Waals surface area (Å²) < 4.78 is -0.260. The predicted molar refractivity (Wildman–Crippen MR) is 41.2 cm³/mol. The molecule has 0 N–H and O–H groups in total. The molecule has 0 aromatic heterocycles. The molecule has 0 aromatic rings. The monoisotopic (exact) mass is 201 g/mol. The summed E-state index contributed by atoms with van der Waals surface area (Å²) in [5.41, 5.74) is 0. The van der Waals surface area contributed by atoms with Gasteiger partial charge in [0.2, 0.25) is 0 Å². The second kappa shape index (κ2) is 2.76. The van der Waals surface area contributed by atoms with Crippen LogP contribution in [-0.2, 0) is 4.79 Å². The number of hydrogen-bond donors (Lipinski definition) is 0. The van der Waals surface area contributed by atoms with Crippen LogP contribution in [0.15, 0.2) is 0 Å². The van der Waals surface area contributed by atoms with Gasteiger partial charge >= 0.3 is 0 Å². The number of carbonyl (C=O) groups is 1. The number of piperidine rings is 1. The second-order valence-electron chi connectivity index (χ2n) is 2.20. The Hall–Kier alpha value is 0.340. The molecular formula is C5H6Cl3NO. The molecule has 1 fully saturated rings. The van der Waals surface area contributed by atoms with Crippen molar-refractivity contribution < 1.29 is 4.79 Å². The maximum absolute atomic E-state index is 11.0. The van der Waals surface area contributed by atoms with Crippen molar-refractivity contribution in [3.63, 3.8) is 0 Å². The van der Waals surface area contributed by atoms with Gasteiger partial charge < -0.3 is 0 Å². The Morgan fingerprint density at radius 3 is 2.50 bits per heavy atom. The molecule has 1 amide bonds. The van der Waals surface area contributed by atoms with Crippen LogP contribution in [0, 0.1) is 0 Å². The first-order valence-corrected chi connectivity index (χ1v) is 3.99. The molecule has 58 valence electrons. The van der Waals surface area contributed by atoms with Crippen molar-refractivity contribution in [3.8, 4) is 0 Å². The highest BCUT2D eigenvalue weighted by Crippen LogP contribution is 2.33. The number of carbonyl (C=O) groups excluding carboxylic acids is 1. The Morgan fingerprint density at radius 1 is 1.50 bits per heavy atom. The predicted octanol–water partition coefficient (Wildman–Crippen LogP) is 1.94. The van der Waals surface area contributed by atoms with Crippen LogP contribution in [0.3, 0.4) is 0 Å². The van der Waals surface area contributed by atoms with E-state index < -0.39 is 10.2 Å². The highest BCUT2D eigenvalue weighted by atomic mass is 35.5. The lowest BCUT2D eigenvalue weighted by atomic mass is 10.1. The molecule has 0 bridgehead atoms. The fourth-order valence-corrected chi connectivity index (χ4v) is 1.65. The van der Waals surface area contributed by atoms with Gasteiger partial charge in [-0.05, 0) is 12.8 Å². The summed E-state index contributed by atoms with van der Waals surface area (Å²) >= 11 is 16.7. The minimum absolute atomic E-state index is 0.413. The van der Waals surface area contributed by atoms with Gasteiger partial charge in [-0.2, -0.15) is 0 Å². The van der Waals surface area contributed by atoms with Gasteiger partial charge in [-0.1, -0.05) is 23.2 Å². The number of nitrogens with zero attached hydrogens (tertiary/aromatic N) is 1. The highest BCUT2D eigenvalue weighted by Gasteiger charge is 2.39. The average molecular weight is 202 g/mol. The molecule has 0 spiro atoms. The van der Waals surface area contributed by atoms with E-state index in [9.17, 15) is 4.79 Å². The molecule has 0 aliphatic carbocycles. The van der Waals surface area contributed by atoms with Crippen LogP contribution < -0.4 is 0 Å². The first-order valence-electron chi connectivity index (χ1n) is 2.89. The van der Waals surface area contributed by atoms with Crippen LogP contribution in [0.1, 0.15) is 12.8 Å². The fraction of sp³-hybridized carbons (Fsp3) is 0.800. The lowest BCUT2D eigenvalue weighted by Crippen LogP contribution is -2.42. The van der Waals surface area contributed by atoms with Crippen molar-refractivity contribution in [2.45, 2.75) is 17.2 Å². The van der Waals surface area contributed by atoms with E-state index in [1.807, 2.05) is 0 Å². The Kier molecular flexibility index (Phi) is 2.33. The summed E-state index contributed by atoms with van der Waals surface area (Å²) in [6.07, 6.45) is 1.24. The third-order valence-corrected chi connectivity index (χ3v) is 2.40. The lowest BCUT2D eigenvalue weighted by Gasteiger charge is -2.28. The molecule has 1 aliphatic rings. The van der Waals surface area contributed by atoms with E-state index >= 15 is 0 Å². The third kappa shape index (κ3) is 1.49. The van der Waals surface area contributed by atoms with Gasteiger partial charge in [0.05, 0.1) is 0 Å². The van der Waals surface area contributed by atoms with Crippen LogP contribution in [-0.4, -0.2) is 21.2 Å². The molecule has 10 heavy (non-hydrogen) atoms. The van der Waals surface area contributed by atoms with Crippen molar-refractivity contribution in [1.82, 2.24) is 4.42 Å². The Morgan fingerprint density at radius 2 is 2.10 bits per heavy atom. The quantitative estimate of drug-likeness (QED) is 0.434. The molecule has 0 saturated carbocycles. The van der Waals surface area contributed by atoms with Gasteiger partial charge in [-0.15, -0.1) is 0 Å². The Bertz CT molecular complexity index is 159. The number of amides is 1. The standard InChI is InChI=1S/C5H6Cl3NO/c6-5(7)2-1-3-9(8)4(5)10/h1-3H2. The number of halogens is 3. The van der Waals surface area contributed by atoms with Gasteiger partial charge in [0.15, 0.2) is 4.33 Å². The van der Waals surface area contributed by atoms with E-state index in [2.05, 4.69) is 0 Å². The van der Waals surface area contributed by atoms with Crippen LogP contribution in [0.5, 0.6) is 0 Å². The van der Waals surface area contributed by atoms with E-state index in [1.165, 1.54) is 0 Å². The van der Waals surface area contributed by atoms with E-state index in [4.69, 9.17) is 35.0 Å². The fourth-order valence-electron chi connectivity index (χ4n) is 0.826. The molecular weight excluding hydrogens is 196 g/mol. The summed E-state index contributed by atoms with van der Waals surface area (Å²) in [4.78, 5) is 11.0. The lowest BCUT2D eigenvalue weighted by molar-refractivity contribution is -0.129. The number of alkyl halides is 2. The largest absolute Gasteiger partial charge is 0.273 e. The smallest absolute Gasteiger partial charge is 0.270 e. The summed E-state index contributed by atoms with van der Waals surface area (Å²) in [6.45, 7) is 0.529. The van der Waals surface area contributed by atoms with E-state index in [1.54, 1.807) is 0 Å². The van der Waals surface area contributed by atoms with Crippen molar-refractivity contribution in [2.24, 2.45) is 0 Å². The minimum Gasteiger partial charge on any atom is -0.270 e. The van der Waals surface area contributed by atoms with Crippen molar-refractivity contribution in [2.75, 3.05) is 6.54 Å². The molecule has 5 heteroatoms. The topological polar surface area (TPSA) is 20.3 Å². The molecule has 0 aromatic carbocycles. The van der Waals surface area contributed by atoms with E-state index in [0.29, 0.717) is 13.0 Å². The molecule has 0 radical (unpaired) electrons. The third-order valence-electron chi connectivity index (χ3n) is 1.38. The molecule has 2 nitrogen and oxygen atoms in total. The zero-order valence-electron chi connectivity index (χ0n) is 5.11. The Balaban J connectivity index is 2.70. The summed E-state index contributed by atoms with van der Waals surface area (Å²) in [7, 11) is 0. The van der Waals surface area contributed by atoms with Gasteiger partial charge in [-0.25, -0.2) is 0 Å². The summed E-state index contributed by atoms with van der Waals surface area (Å²) in [5, 5.41) is 0. The average Bonchev–Trinajstić information content (AvgIpc) is 1.83. The molecule has 0 atom stereocenters. The second-order valence-corrected chi connectivity index (χ2v) is 4.09. The maximum atomic E-state index is 11.0. The van der Waals surface area contributed by atoms with Gasteiger partial charge in [0.25, 0.3) is 5.91 Å². The van der Waals surface area contributed by atoms with Crippen molar-refractivity contribution in [1.29, 1.82) is 0 Å². The molecule has 1 saturated heterocycles. The van der Waals surface area contributed by atoms with Crippen molar-refractivity contribution >= 4 is 40.9 Å². The van der Waals surface area contributed by atoms with Gasteiger partial charge in [0, 0.05) is 18.3 Å². The molecule has 1 aliphatic heterocycles. The van der Waals surface area contributed by atoms with Crippen LogP contribution in [0.2, 0.25) is 0 Å². The molecule has 0 unspecified atom stereocenters. The Labute approximate surface area is 74.1 Å². The SMILES string of the molecule is O=C1N(Cl)CCCC1(Cl)Cl. The zero-order valence-corrected chi connectivity index (χ0v) is 7.38.